The molecular formula is C7H15O4P. The molecule has 2 unspecified atom stereocenters. The lowest BCUT2D eigenvalue weighted by molar-refractivity contribution is 0.0251. The summed E-state index contributed by atoms with van der Waals surface area (Å²) in [6.07, 6.45) is 0.593. The zero-order valence-electron chi connectivity index (χ0n) is 7.65. The summed E-state index contributed by atoms with van der Waals surface area (Å²) in [5.74, 6) is 0. The molecule has 0 spiro atoms. The van der Waals surface area contributed by atoms with Crippen LogP contribution in [0, 0.1) is 0 Å². The van der Waals surface area contributed by atoms with Crippen molar-refractivity contribution in [3.63, 3.8) is 0 Å². The first-order valence-corrected chi connectivity index (χ1v) is 5.59. The first kappa shape index (κ1) is 10.2. The van der Waals surface area contributed by atoms with Crippen LogP contribution in [0.2, 0.25) is 0 Å². The molecule has 5 heteroatoms. The van der Waals surface area contributed by atoms with Crippen molar-refractivity contribution in [2.75, 3.05) is 6.61 Å². The smallest absolute Gasteiger partial charge is 0.287 e. The number of phosphoric acid groups is 1. The molecule has 1 saturated heterocycles. The zero-order chi connectivity index (χ0) is 9.19. The van der Waals surface area contributed by atoms with Gasteiger partial charge in [-0.05, 0) is 27.2 Å². The van der Waals surface area contributed by atoms with Crippen molar-refractivity contribution in [3.8, 4) is 0 Å². The summed E-state index contributed by atoms with van der Waals surface area (Å²) in [5.41, 5.74) is 0. The largest absolute Gasteiger partial charge is 0.475 e. The predicted molar refractivity (Wildman–Crippen MR) is 44.9 cm³/mol. The minimum absolute atomic E-state index is 0.0386. The standard InChI is InChI=1S/C7H15O4P/c1-6(2)10-12(8)9-5-4-7(3)11-12/h6-7H,4-5H2,1-3H3. The molecule has 1 fully saturated rings. The Morgan fingerprint density at radius 2 is 2.25 bits per heavy atom. The van der Waals surface area contributed by atoms with Gasteiger partial charge in [0, 0.05) is 0 Å². The molecule has 1 rings (SSSR count). The quantitative estimate of drug-likeness (QED) is 0.633. The van der Waals surface area contributed by atoms with E-state index in [1.807, 2.05) is 6.92 Å². The molecule has 72 valence electrons. The topological polar surface area (TPSA) is 44.8 Å². The average molecular weight is 194 g/mol. The van der Waals surface area contributed by atoms with Gasteiger partial charge in [-0.1, -0.05) is 0 Å². The molecule has 0 aliphatic carbocycles. The summed E-state index contributed by atoms with van der Waals surface area (Å²) < 4.78 is 26.7. The van der Waals surface area contributed by atoms with Crippen LogP contribution in [0.25, 0.3) is 0 Å². The molecule has 0 amide bonds. The second-order valence-corrected chi connectivity index (χ2v) is 4.71. The van der Waals surface area contributed by atoms with Gasteiger partial charge in [-0.25, -0.2) is 4.57 Å². The SMILES string of the molecule is CC(C)OP1(=O)OCCC(C)O1. The van der Waals surface area contributed by atoms with Crippen LogP contribution in [0.5, 0.6) is 0 Å². The summed E-state index contributed by atoms with van der Waals surface area (Å²) in [5, 5.41) is 0. The third-order valence-corrected chi connectivity index (χ3v) is 3.22. The highest BCUT2D eigenvalue weighted by Gasteiger charge is 2.34. The molecule has 4 nitrogen and oxygen atoms in total. The molecule has 12 heavy (non-hydrogen) atoms. The van der Waals surface area contributed by atoms with Gasteiger partial charge >= 0.3 is 7.82 Å². The molecular weight excluding hydrogens is 179 g/mol. The Morgan fingerprint density at radius 3 is 2.75 bits per heavy atom. The number of rotatable bonds is 2. The van der Waals surface area contributed by atoms with Crippen molar-refractivity contribution in [2.45, 2.75) is 39.4 Å². The van der Waals surface area contributed by atoms with E-state index >= 15 is 0 Å². The van der Waals surface area contributed by atoms with Crippen molar-refractivity contribution >= 4 is 7.82 Å². The maximum atomic E-state index is 11.6. The highest BCUT2D eigenvalue weighted by Crippen LogP contribution is 2.54. The maximum Gasteiger partial charge on any atom is 0.475 e. The molecule has 1 aliphatic rings. The van der Waals surface area contributed by atoms with Crippen LogP contribution < -0.4 is 0 Å². The molecule has 0 bridgehead atoms. The Balaban J connectivity index is 2.52. The Bertz CT molecular complexity index is 186. The minimum Gasteiger partial charge on any atom is -0.287 e. The second-order valence-electron chi connectivity index (χ2n) is 3.14. The predicted octanol–water partition coefficient (Wildman–Crippen LogP) is 2.34. The average Bonchev–Trinajstić information content (AvgIpc) is 1.82. The van der Waals surface area contributed by atoms with Crippen LogP contribution in [0.15, 0.2) is 0 Å². The highest BCUT2D eigenvalue weighted by atomic mass is 31.2. The molecule has 1 aliphatic heterocycles. The summed E-state index contributed by atoms with van der Waals surface area (Å²) in [4.78, 5) is 0. The number of hydrogen-bond donors (Lipinski definition) is 0. The molecule has 0 N–H and O–H groups in total. The van der Waals surface area contributed by atoms with E-state index in [4.69, 9.17) is 13.6 Å². The van der Waals surface area contributed by atoms with Crippen LogP contribution in [-0.4, -0.2) is 18.8 Å². The van der Waals surface area contributed by atoms with Crippen molar-refractivity contribution in [2.24, 2.45) is 0 Å². The fourth-order valence-electron chi connectivity index (χ4n) is 0.947. The van der Waals surface area contributed by atoms with E-state index < -0.39 is 7.82 Å². The minimum atomic E-state index is -3.23. The summed E-state index contributed by atoms with van der Waals surface area (Å²) in [7, 11) is -3.23. The number of hydrogen-bond acceptors (Lipinski definition) is 4. The molecule has 0 radical (unpaired) electrons. The maximum absolute atomic E-state index is 11.6. The molecule has 1 heterocycles. The van der Waals surface area contributed by atoms with Crippen molar-refractivity contribution in [1.29, 1.82) is 0 Å². The lowest BCUT2D eigenvalue weighted by Gasteiger charge is -2.27. The first-order valence-electron chi connectivity index (χ1n) is 4.13. The van der Waals surface area contributed by atoms with Crippen molar-refractivity contribution in [3.05, 3.63) is 0 Å². The van der Waals surface area contributed by atoms with Crippen LogP contribution in [0.3, 0.4) is 0 Å². The van der Waals surface area contributed by atoms with Gasteiger partial charge in [0.05, 0.1) is 18.8 Å². The van der Waals surface area contributed by atoms with Crippen molar-refractivity contribution in [1.82, 2.24) is 0 Å². The molecule has 0 aromatic rings. The van der Waals surface area contributed by atoms with Gasteiger partial charge in [0.1, 0.15) is 0 Å². The van der Waals surface area contributed by atoms with Crippen molar-refractivity contribution < 1.29 is 18.1 Å². The fourth-order valence-corrected chi connectivity index (χ4v) is 2.51. The second kappa shape index (κ2) is 3.88. The van der Waals surface area contributed by atoms with E-state index in [-0.39, 0.29) is 12.2 Å². The molecule has 0 aromatic carbocycles. The Morgan fingerprint density at radius 1 is 1.58 bits per heavy atom. The normalized spacial score (nSPS) is 37.2. The molecule has 2 atom stereocenters. The summed E-state index contributed by atoms with van der Waals surface area (Å²) >= 11 is 0. The summed E-state index contributed by atoms with van der Waals surface area (Å²) in [6, 6.07) is 0. The Kier molecular flexibility index (Phi) is 3.29. The van der Waals surface area contributed by atoms with Gasteiger partial charge in [0.2, 0.25) is 0 Å². The van der Waals surface area contributed by atoms with E-state index in [9.17, 15) is 4.57 Å². The third kappa shape index (κ3) is 2.87. The van der Waals surface area contributed by atoms with Crippen LogP contribution in [-0.2, 0) is 18.1 Å². The molecule has 0 aromatic heterocycles. The van der Waals surface area contributed by atoms with E-state index in [0.717, 1.165) is 6.42 Å². The first-order chi connectivity index (χ1) is 5.52. The van der Waals surface area contributed by atoms with Gasteiger partial charge < -0.3 is 0 Å². The third-order valence-electron chi connectivity index (χ3n) is 1.42. The van der Waals surface area contributed by atoms with Gasteiger partial charge in [-0.15, -0.1) is 0 Å². The zero-order valence-corrected chi connectivity index (χ0v) is 8.54. The Hall–Kier alpha value is 0.110. The van der Waals surface area contributed by atoms with E-state index in [2.05, 4.69) is 0 Å². The highest BCUT2D eigenvalue weighted by molar-refractivity contribution is 7.48. The van der Waals surface area contributed by atoms with Crippen LogP contribution in [0.4, 0.5) is 0 Å². The Labute approximate surface area is 72.8 Å². The monoisotopic (exact) mass is 194 g/mol. The van der Waals surface area contributed by atoms with Gasteiger partial charge in [-0.3, -0.25) is 13.6 Å². The van der Waals surface area contributed by atoms with Crippen LogP contribution in [0.1, 0.15) is 27.2 Å². The van der Waals surface area contributed by atoms with Gasteiger partial charge in [-0.2, -0.15) is 0 Å². The summed E-state index contributed by atoms with van der Waals surface area (Å²) in [6.45, 7) is 5.90. The van der Waals surface area contributed by atoms with E-state index in [1.165, 1.54) is 0 Å². The molecule has 0 saturated carbocycles. The van der Waals surface area contributed by atoms with Gasteiger partial charge in [0.15, 0.2) is 0 Å². The van der Waals surface area contributed by atoms with Crippen LogP contribution >= 0.6 is 7.82 Å². The number of phosphoric ester groups is 1. The lowest BCUT2D eigenvalue weighted by Crippen LogP contribution is -2.19. The van der Waals surface area contributed by atoms with Gasteiger partial charge in [0.25, 0.3) is 0 Å². The lowest BCUT2D eigenvalue weighted by atomic mass is 10.3. The van der Waals surface area contributed by atoms with E-state index in [1.54, 1.807) is 13.8 Å². The van der Waals surface area contributed by atoms with E-state index in [0.29, 0.717) is 6.61 Å². The fraction of sp³-hybridized carbons (Fsp3) is 1.00.